The van der Waals surface area contributed by atoms with Crippen molar-refractivity contribution in [1.29, 1.82) is 0 Å². The van der Waals surface area contributed by atoms with Gasteiger partial charge in [0.15, 0.2) is 6.10 Å². The Balaban J connectivity index is 1.97. The SMILES string of the molecule is CC(C)COC(=O)[C@@H]1O[C@@]1(C)c1ccccc1. The summed E-state index contributed by atoms with van der Waals surface area (Å²) in [6.07, 6.45) is -0.455. The second-order valence-electron chi connectivity index (χ2n) is 4.99. The first-order valence-corrected chi connectivity index (χ1v) is 5.94. The number of carbonyl (C=O) groups excluding carboxylic acids is 1. The van der Waals surface area contributed by atoms with E-state index >= 15 is 0 Å². The molecular formula is C14H18O3. The lowest BCUT2D eigenvalue weighted by atomic mass is 9.97. The van der Waals surface area contributed by atoms with E-state index < -0.39 is 11.7 Å². The molecule has 0 N–H and O–H groups in total. The molecule has 3 heteroatoms. The average molecular weight is 234 g/mol. The molecule has 1 aromatic rings. The molecular weight excluding hydrogens is 216 g/mol. The molecule has 2 rings (SSSR count). The van der Waals surface area contributed by atoms with E-state index in [4.69, 9.17) is 9.47 Å². The maximum atomic E-state index is 11.8. The zero-order valence-electron chi connectivity index (χ0n) is 10.5. The summed E-state index contributed by atoms with van der Waals surface area (Å²) in [4.78, 5) is 11.8. The Morgan fingerprint density at radius 2 is 2.06 bits per heavy atom. The number of rotatable bonds is 4. The van der Waals surface area contributed by atoms with Gasteiger partial charge in [0, 0.05) is 0 Å². The van der Waals surface area contributed by atoms with Crippen molar-refractivity contribution < 1.29 is 14.3 Å². The summed E-state index contributed by atoms with van der Waals surface area (Å²) in [5.74, 6) is 0.0886. The van der Waals surface area contributed by atoms with Gasteiger partial charge in [0.2, 0.25) is 0 Å². The normalized spacial score (nSPS) is 26.9. The number of epoxide rings is 1. The molecule has 2 atom stereocenters. The van der Waals surface area contributed by atoms with Gasteiger partial charge in [0.1, 0.15) is 5.60 Å². The highest BCUT2D eigenvalue weighted by atomic mass is 16.7. The fourth-order valence-electron chi connectivity index (χ4n) is 1.80. The van der Waals surface area contributed by atoms with Crippen LogP contribution in [-0.2, 0) is 19.9 Å². The molecule has 0 bridgehead atoms. The maximum Gasteiger partial charge on any atom is 0.338 e. The summed E-state index contributed by atoms with van der Waals surface area (Å²) in [6.45, 7) is 6.39. The Morgan fingerprint density at radius 1 is 1.41 bits per heavy atom. The third kappa shape index (κ3) is 2.50. The van der Waals surface area contributed by atoms with Crippen LogP contribution in [0.5, 0.6) is 0 Å². The Kier molecular flexibility index (Phi) is 3.20. The van der Waals surface area contributed by atoms with Crippen molar-refractivity contribution in [2.24, 2.45) is 5.92 Å². The molecule has 1 aliphatic heterocycles. The summed E-state index contributed by atoms with van der Waals surface area (Å²) >= 11 is 0. The number of ether oxygens (including phenoxy) is 2. The highest BCUT2D eigenvalue weighted by molar-refractivity contribution is 5.79. The molecule has 1 fully saturated rings. The van der Waals surface area contributed by atoms with Gasteiger partial charge in [-0.15, -0.1) is 0 Å². The smallest absolute Gasteiger partial charge is 0.338 e. The van der Waals surface area contributed by atoms with Crippen LogP contribution in [-0.4, -0.2) is 18.7 Å². The summed E-state index contributed by atoms with van der Waals surface area (Å²) in [5, 5.41) is 0. The molecule has 0 unspecified atom stereocenters. The Morgan fingerprint density at radius 3 is 2.65 bits per heavy atom. The predicted octanol–water partition coefficient (Wildman–Crippen LogP) is 2.50. The van der Waals surface area contributed by atoms with Gasteiger partial charge in [-0.05, 0) is 18.4 Å². The van der Waals surface area contributed by atoms with Crippen molar-refractivity contribution in [2.75, 3.05) is 6.61 Å². The number of carbonyl (C=O) groups is 1. The molecule has 0 spiro atoms. The first kappa shape index (κ1) is 12.1. The molecule has 3 nitrogen and oxygen atoms in total. The predicted molar refractivity (Wildman–Crippen MR) is 64.5 cm³/mol. The van der Waals surface area contributed by atoms with Crippen LogP contribution >= 0.6 is 0 Å². The summed E-state index contributed by atoms with van der Waals surface area (Å²) < 4.78 is 10.7. The van der Waals surface area contributed by atoms with E-state index in [1.54, 1.807) is 0 Å². The van der Waals surface area contributed by atoms with Crippen LogP contribution in [0.1, 0.15) is 26.3 Å². The van der Waals surface area contributed by atoms with E-state index in [1.807, 2.05) is 51.1 Å². The van der Waals surface area contributed by atoms with Crippen molar-refractivity contribution in [3.05, 3.63) is 35.9 Å². The lowest BCUT2D eigenvalue weighted by Gasteiger charge is -2.08. The molecule has 0 aromatic heterocycles. The molecule has 0 aliphatic carbocycles. The molecule has 0 saturated carbocycles. The van der Waals surface area contributed by atoms with E-state index in [0.29, 0.717) is 12.5 Å². The molecule has 1 aliphatic rings. The monoisotopic (exact) mass is 234 g/mol. The molecule has 1 aromatic carbocycles. The lowest BCUT2D eigenvalue weighted by molar-refractivity contribution is -0.146. The van der Waals surface area contributed by atoms with Gasteiger partial charge in [-0.2, -0.15) is 0 Å². The largest absolute Gasteiger partial charge is 0.463 e. The minimum atomic E-state index is -0.505. The quantitative estimate of drug-likeness (QED) is 0.593. The van der Waals surface area contributed by atoms with Crippen molar-refractivity contribution in [2.45, 2.75) is 32.5 Å². The minimum Gasteiger partial charge on any atom is -0.463 e. The van der Waals surface area contributed by atoms with Crippen LogP contribution in [0.25, 0.3) is 0 Å². The lowest BCUT2D eigenvalue weighted by Crippen LogP contribution is -2.20. The van der Waals surface area contributed by atoms with Gasteiger partial charge in [-0.25, -0.2) is 4.79 Å². The molecule has 0 radical (unpaired) electrons. The van der Waals surface area contributed by atoms with Crippen molar-refractivity contribution in [3.8, 4) is 0 Å². The second-order valence-corrected chi connectivity index (χ2v) is 4.99. The van der Waals surface area contributed by atoms with Crippen molar-refractivity contribution in [1.82, 2.24) is 0 Å². The first-order valence-electron chi connectivity index (χ1n) is 5.94. The standard InChI is InChI=1S/C14H18O3/c1-10(2)9-16-13(15)12-14(3,17-12)11-7-5-4-6-8-11/h4-8,10,12H,9H2,1-3H3/t12-,14-/m0/s1. The number of benzene rings is 1. The summed E-state index contributed by atoms with van der Waals surface area (Å²) in [6, 6.07) is 9.77. The highest BCUT2D eigenvalue weighted by Gasteiger charge is 2.59. The fourth-order valence-corrected chi connectivity index (χ4v) is 1.80. The molecule has 1 saturated heterocycles. The second kappa shape index (κ2) is 4.49. The van der Waals surface area contributed by atoms with Crippen LogP contribution in [0.15, 0.2) is 30.3 Å². The van der Waals surface area contributed by atoms with Crippen molar-refractivity contribution in [3.63, 3.8) is 0 Å². The zero-order chi connectivity index (χ0) is 12.5. The van der Waals surface area contributed by atoms with Gasteiger partial charge in [-0.1, -0.05) is 44.2 Å². The van der Waals surface area contributed by atoms with Crippen LogP contribution < -0.4 is 0 Å². The van der Waals surface area contributed by atoms with Gasteiger partial charge < -0.3 is 9.47 Å². The van der Waals surface area contributed by atoms with E-state index in [2.05, 4.69) is 0 Å². The third-order valence-corrected chi connectivity index (χ3v) is 2.93. The van der Waals surface area contributed by atoms with E-state index in [1.165, 1.54) is 0 Å². The van der Waals surface area contributed by atoms with Gasteiger partial charge in [0.25, 0.3) is 0 Å². The van der Waals surface area contributed by atoms with E-state index in [-0.39, 0.29) is 5.97 Å². The average Bonchev–Trinajstić information content (AvgIpc) is 3.01. The van der Waals surface area contributed by atoms with Crippen LogP contribution in [0.2, 0.25) is 0 Å². The maximum absolute atomic E-state index is 11.8. The Labute approximate surface area is 102 Å². The van der Waals surface area contributed by atoms with Gasteiger partial charge >= 0.3 is 5.97 Å². The van der Waals surface area contributed by atoms with Crippen LogP contribution in [0, 0.1) is 5.92 Å². The van der Waals surface area contributed by atoms with Crippen LogP contribution in [0.4, 0.5) is 0 Å². The third-order valence-electron chi connectivity index (χ3n) is 2.93. The topological polar surface area (TPSA) is 38.8 Å². The molecule has 17 heavy (non-hydrogen) atoms. The summed E-state index contributed by atoms with van der Waals surface area (Å²) in [5.41, 5.74) is 0.515. The van der Waals surface area contributed by atoms with E-state index in [9.17, 15) is 4.79 Å². The fraction of sp³-hybridized carbons (Fsp3) is 0.500. The van der Waals surface area contributed by atoms with E-state index in [0.717, 1.165) is 5.56 Å². The zero-order valence-corrected chi connectivity index (χ0v) is 10.5. The summed E-state index contributed by atoms with van der Waals surface area (Å²) in [7, 11) is 0. The molecule has 1 heterocycles. The first-order chi connectivity index (χ1) is 8.04. The molecule has 0 amide bonds. The number of hydrogen-bond acceptors (Lipinski definition) is 3. The number of esters is 1. The Bertz CT molecular complexity index is 399. The van der Waals surface area contributed by atoms with Gasteiger partial charge in [0.05, 0.1) is 6.61 Å². The van der Waals surface area contributed by atoms with Crippen LogP contribution in [0.3, 0.4) is 0 Å². The molecule has 92 valence electrons. The van der Waals surface area contributed by atoms with Gasteiger partial charge in [-0.3, -0.25) is 0 Å². The van der Waals surface area contributed by atoms with Crippen molar-refractivity contribution >= 4 is 5.97 Å². The number of hydrogen-bond donors (Lipinski definition) is 0. The Hall–Kier alpha value is -1.35. The minimum absolute atomic E-state index is 0.259. The highest BCUT2D eigenvalue weighted by Crippen LogP contribution is 2.46.